The number of nitriles is 1. The lowest BCUT2D eigenvalue weighted by atomic mass is 10.0. The average molecular weight is 429 g/mol. The van der Waals surface area contributed by atoms with E-state index in [1.165, 1.54) is 19.3 Å². The second-order valence-corrected chi connectivity index (χ2v) is 7.86. The highest BCUT2D eigenvalue weighted by molar-refractivity contribution is 9.10. The van der Waals surface area contributed by atoms with Crippen LogP contribution < -0.4 is 5.32 Å². The maximum Gasteiger partial charge on any atom is 0.269 e. The second kappa shape index (κ2) is 9.20. The first-order chi connectivity index (χ1) is 13.1. The number of para-hydroxylation sites is 1. The molecule has 1 amide bonds. The van der Waals surface area contributed by atoms with Gasteiger partial charge in [-0.2, -0.15) is 5.26 Å². The minimum Gasteiger partial charge on any atom is -0.351 e. The van der Waals surface area contributed by atoms with Crippen molar-refractivity contribution < 1.29 is 4.79 Å². The van der Waals surface area contributed by atoms with Crippen LogP contribution in [-0.2, 0) is 0 Å². The topological polar surface area (TPSA) is 61.1 Å². The van der Waals surface area contributed by atoms with Crippen molar-refractivity contribution in [2.75, 3.05) is 19.6 Å². The van der Waals surface area contributed by atoms with E-state index in [1.807, 2.05) is 24.3 Å². The molecule has 0 saturated carbocycles. The number of aromatic nitrogens is 1. The van der Waals surface area contributed by atoms with Crippen molar-refractivity contribution in [3.8, 4) is 11.8 Å². The fourth-order valence-corrected chi connectivity index (χ4v) is 4.14. The Hall–Kier alpha value is -2.10. The summed E-state index contributed by atoms with van der Waals surface area (Å²) in [4.78, 5) is 15.3. The molecule has 6 heteroatoms. The molecule has 0 spiro atoms. The van der Waals surface area contributed by atoms with Gasteiger partial charge >= 0.3 is 0 Å². The molecule has 2 aromatic rings. The highest BCUT2D eigenvalue weighted by Crippen LogP contribution is 2.24. The number of halogens is 1. The van der Waals surface area contributed by atoms with Crippen molar-refractivity contribution in [1.29, 1.82) is 5.26 Å². The van der Waals surface area contributed by atoms with E-state index in [-0.39, 0.29) is 5.91 Å². The van der Waals surface area contributed by atoms with Crippen LogP contribution in [0.25, 0.3) is 5.69 Å². The summed E-state index contributed by atoms with van der Waals surface area (Å²) in [5.74, 6) is -0.209. The predicted molar refractivity (Wildman–Crippen MR) is 110 cm³/mol. The molecular weight excluding hydrogens is 404 g/mol. The van der Waals surface area contributed by atoms with E-state index >= 15 is 0 Å². The molecule has 1 aromatic heterocycles. The number of hydrogen-bond donors (Lipinski definition) is 1. The lowest BCUT2D eigenvalue weighted by molar-refractivity contribution is 0.0942. The van der Waals surface area contributed by atoms with Gasteiger partial charge in [-0.25, -0.2) is 0 Å². The third-order valence-corrected chi connectivity index (χ3v) is 5.85. The molecule has 1 aliphatic rings. The van der Waals surface area contributed by atoms with Gasteiger partial charge < -0.3 is 14.8 Å². The van der Waals surface area contributed by atoms with Crippen molar-refractivity contribution >= 4 is 21.8 Å². The number of carbonyl (C=O) groups is 1. The number of likely N-dealkylation sites (tertiary alicyclic amines) is 1. The van der Waals surface area contributed by atoms with E-state index in [0.29, 0.717) is 23.8 Å². The number of benzene rings is 1. The monoisotopic (exact) mass is 428 g/mol. The van der Waals surface area contributed by atoms with Crippen molar-refractivity contribution in [2.24, 2.45) is 0 Å². The van der Waals surface area contributed by atoms with E-state index in [2.05, 4.69) is 39.1 Å². The maximum atomic E-state index is 12.8. The van der Waals surface area contributed by atoms with E-state index in [0.717, 1.165) is 29.7 Å². The molecule has 0 radical (unpaired) electrons. The smallest absolute Gasteiger partial charge is 0.269 e. The number of nitrogens with one attached hydrogen (secondary N) is 1. The zero-order valence-electron chi connectivity index (χ0n) is 15.6. The van der Waals surface area contributed by atoms with Crippen LogP contribution in [0.2, 0.25) is 0 Å². The van der Waals surface area contributed by atoms with Crippen LogP contribution in [0.15, 0.2) is 41.0 Å². The first-order valence-electron chi connectivity index (χ1n) is 9.50. The second-order valence-electron chi connectivity index (χ2n) is 7.00. The number of rotatable bonds is 6. The zero-order chi connectivity index (χ0) is 19.2. The van der Waals surface area contributed by atoms with Gasteiger partial charge in [0, 0.05) is 29.8 Å². The quantitative estimate of drug-likeness (QED) is 0.704. The van der Waals surface area contributed by atoms with E-state index in [1.54, 1.807) is 16.8 Å². The average Bonchev–Trinajstić information content (AvgIpc) is 3.10. The summed E-state index contributed by atoms with van der Waals surface area (Å²) >= 11 is 3.52. The first kappa shape index (κ1) is 19.7. The van der Waals surface area contributed by atoms with Gasteiger partial charge in [-0.05, 0) is 66.9 Å². The van der Waals surface area contributed by atoms with Crippen molar-refractivity contribution in [2.45, 2.75) is 38.6 Å². The lowest BCUT2D eigenvalue weighted by Crippen LogP contribution is -2.39. The molecule has 1 N–H and O–H groups in total. The minimum atomic E-state index is -0.209. The Morgan fingerprint density at radius 3 is 2.89 bits per heavy atom. The molecule has 1 unspecified atom stereocenters. The van der Waals surface area contributed by atoms with Gasteiger partial charge in [0.1, 0.15) is 11.8 Å². The molecule has 0 aliphatic carbocycles. The molecule has 1 saturated heterocycles. The number of nitrogens with zero attached hydrogens (tertiary/aromatic N) is 3. The van der Waals surface area contributed by atoms with Gasteiger partial charge in [-0.15, -0.1) is 0 Å². The molecule has 27 heavy (non-hydrogen) atoms. The molecule has 1 atom stereocenters. The molecule has 1 fully saturated rings. The summed E-state index contributed by atoms with van der Waals surface area (Å²) in [5, 5.41) is 12.4. The molecule has 3 rings (SSSR count). The number of piperidine rings is 1. The van der Waals surface area contributed by atoms with Gasteiger partial charge in [0.15, 0.2) is 0 Å². The van der Waals surface area contributed by atoms with Crippen LogP contribution in [-0.4, -0.2) is 41.1 Å². The molecule has 5 nitrogen and oxygen atoms in total. The summed E-state index contributed by atoms with van der Waals surface area (Å²) in [6.07, 6.45) is 6.52. The highest BCUT2D eigenvalue weighted by atomic mass is 79.9. The number of amides is 1. The molecule has 1 aliphatic heterocycles. The highest BCUT2D eigenvalue weighted by Gasteiger charge is 2.20. The van der Waals surface area contributed by atoms with Crippen molar-refractivity contribution in [3.63, 3.8) is 0 Å². The molecular formula is C21H25BrN4O. The van der Waals surface area contributed by atoms with Gasteiger partial charge in [-0.1, -0.05) is 18.6 Å². The van der Waals surface area contributed by atoms with E-state index in [4.69, 9.17) is 0 Å². The molecule has 2 heterocycles. The lowest BCUT2D eigenvalue weighted by Gasteiger charge is -2.33. The largest absolute Gasteiger partial charge is 0.351 e. The maximum absolute atomic E-state index is 12.8. The Morgan fingerprint density at radius 1 is 1.33 bits per heavy atom. The Balaban J connectivity index is 1.65. The van der Waals surface area contributed by atoms with Crippen molar-refractivity contribution in [3.05, 3.63) is 52.3 Å². The fraction of sp³-hybridized carbons (Fsp3) is 0.429. The predicted octanol–water partition coefficient (Wildman–Crippen LogP) is 4.11. The Morgan fingerprint density at radius 2 is 2.15 bits per heavy atom. The van der Waals surface area contributed by atoms with Crippen LogP contribution in [0.3, 0.4) is 0 Å². The van der Waals surface area contributed by atoms with Crippen LogP contribution >= 0.6 is 15.9 Å². The zero-order valence-corrected chi connectivity index (χ0v) is 17.2. The van der Waals surface area contributed by atoms with Crippen LogP contribution in [0, 0.1) is 11.3 Å². The summed E-state index contributed by atoms with van der Waals surface area (Å²) in [6, 6.07) is 12.1. The van der Waals surface area contributed by atoms with Gasteiger partial charge in [0.05, 0.1) is 11.3 Å². The van der Waals surface area contributed by atoms with Gasteiger partial charge in [-0.3, -0.25) is 4.79 Å². The normalized spacial score (nSPS) is 17.4. The summed E-state index contributed by atoms with van der Waals surface area (Å²) in [5.41, 5.74) is 1.61. The standard InChI is InChI=1S/C21H25BrN4O/c1-16-7-4-5-12-25(16)13-6-11-24-21(27)20-17(15-23)10-14-26(20)19-9-3-2-8-18(19)22/h2-3,8-10,14,16H,4-7,11-13H2,1H3,(H,24,27). The van der Waals surface area contributed by atoms with Crippen LogP contribution in [0.1, 0.15) is 48.7 Å². The van der Waals surface area contributed by atoms with Gasteiger partial charge in [0.25, 0.3) is 5.91 Å². The SMILES string of the molecule is CC1CCCCN1CCCNC(=O)c1c(C#N)ccn1-c1ccccc1Br. The Labute approximate surface area is 169 Å². The summed E-state index contributed by atoms with van der Waals surface area (Å²) < 4.78 is 2.64. The number of carbonyl (C=O) groups excluding carboxylic acids is 1. The third-order valence-electron chi connectivity index (χ3n) is 5.18. The van der Waals surface area contributed by atoms with Crippen LogP contribution in [0.4, 0.5) is 0 Å². The van der Waals surface area contributed by atoms with E-state index in [9.17, 15) is 10.1 Å². The molecule has 142 valence electrons. The van der Waals surface area contributed by atoms with Crippen molar-refractivity contribution in [1.82, 2.24) is 14.8 Å². The Kier molecular flexibility index (Phi) is 6.70. The third kappa shape index (κ3) is 4.60. The molecule has 0 bridgehead atoms. The molecule has 1 aromatic carbocycles. The summed E-state index contributed by atoms with van der Waals surface area (Å²) in [6.45, 7) is 5.03. The fourth-order valence-electron chi connectivity index (χ4n) is 3.66. The Bertz CT molecular complexity index is 839. The first-order valence-corrected chi connectivity index (χ1v) is 10.3. The summed E-state index contributed by atoms with van der Waals surface area (Å²) in [7, 11) is 0. The van der Waals surface area contributed by atoms with E-state index < -0.39 is 0 Å². The van der Waals surface area contributed by atoms with Gasteiger partial charge in [0.2, 0.25) is 0 Å². The number of hydrogen-bond acceptors (Lipinski definition) is 3. The minimum absolute atomic E-state index is 0.209. The van der Waals surface area contributed by atoms with Crippen LogP contribution in [0.5, 0.6) is 0 Å².